The first kappa shape index (κ1) is 17.2. The van der Waals surface area contributed by atoms with Crippen molar-refractivity contribution >= 4 is 5.69 Å². The fourth-order valence-electron chi connectivity index (χ4n) is 1.67. The minimum Gasteiger partial charge on any atom is -0.497 e. The van der Waals surface area contributed by atoms with Gasteiger partial charge in [0.25, 0.3) is 0 Å². The van der Waals surface area contributed by atoms with Gasteiger partial charge in [0.05, 0.1) is 12.0 Å². The molecule has 0 saturated heterocycles. The topological polar surface area (TPSA) is 93.9 Å². The van der Waals surface area contributed by atoms with E-state index < -0.39 is 11.0 Å². The molecule has 0 bridgehead atoms. The molecule has 0 amide bonds. The van der Waals surface area contributed by atoms with Crippen LogP contribution in [0, 0.1) is 16.0 Å². The van der Waals surface area contributed by atoms with Crippen molar-refractivity contribution in [3.05, 3.63) is 28.3 Å². The predicted molar refractivity (Wildman–Crippen MR) is 78.9 cm³/mol. The minimum absolute atomic E-state index is 0.0287. The summed E-state index contributed by atoms with van der Waals surface area (Å²) in [5, 5.41) is 23.8. The highest BCUT2D eigenvalue weighted by Crippen LogP contribution is 2.31. The lowest BCUT2D eigenvalue weighted by Gasteiger charge is -2.14. The van der Waals surface area contributed by atoms with Gasteiger partial charge in [-0.1, -0.05) is 13.8 Å². The maximum Gasteiger partial charge on any atom is 0.311 e. The number of nitro groups is 1. The summed E-state index contributed by atoms with van der Waals surface area (Å²) in [4.78, 5) is 10.4. The number of nitro benzene ring substituents is 1. The molecule has 0 spiro atoms. The first-order valence-electron chi connectivity index (χ1n) is 6.78. The first-order valence-corrected chi connectivity index (χ1v) is 6.78. The van der Waals surface area contributed by atoms with Crippen LogP contribution in [0.1, 0.15) is 13.8 Å². The number of rotatable bonds is 9. The third-order valence-corrected chi connectivity index (χ3v) is 2.73. The lowest BCUT2D eigenvalue weighted by atomic mass is 10.2. The number of nitrogens with one attached hydrogen (secondary N) is 1. The summed E-state index contributed by atoms with van der Waals surface area (Å²) >= 11 is 0. The molecule has 0 heterocycles. The molecule has 0 saturated carbocycles. The molecule has 21 heavy (non-hydrogen) atoms. The zero-order chi connectivity index (χ0) is 15.8. The molecule has 7 heteroatoms. The lowest BCUT2D eigenvalue weighted by Crippen LogP contribution is -2.33. The van der Waals surface area contributed by atoms with E-state index in [4.69, 9.17) is 9.47 Å². The van der Waals surface area contributed by atoms with Gasteiger partial charge in [0.2, 0.25) is 5.75 Å². The van der Waals surface area contributed by atoms with E-state index in [-0.39, 0.29) is 18.0 Å². The summed E-state index contributed by atoms with van der Waals surface area (Å²) in [5.74, 6) is 1.03. The molecule has 0 aliphatic carbocycles. The summed E-state index contributed by atoms with van der Waals surface area (Å²) in [7, 11) is 1.47. The molecule has 0 radical (unpaired) electrons. The monoisotopic (exact) mass is 298 g/mol. The average molecular weight is 298 g/mol. The Kier molecular flexibility index (Phi) is 6.90. The third-order valence-electron chi connectivity index (χ3n) is 2.73. The van der Waals surface area contributed by atoms with Crippen molar-refractivity contribution in [1.29, 1.82) is 0 Å². The van der Waals surface area contributed by atoms with Crippen molar-refractivity contribution in [3.8, 4) is 11.5 Å². The smallest absolute Gasteiger partial charge is 0.311 e. The van der Waals surface area contributed by atoms with Gasteiger partial charge in [0.1, 0.15) is 18.5 Å². The van der Waals surface area contributed by atoms with Gasteiger partial charge in [-0.3, -0.25) is 10.1 Å². The molecule has 0 aliphatic rings. The molecule has 0 aromatic heterocycles. The molecule has 1 rings (SSSR count). The van der Waals surface area contributed by atoms with E-state index in [1.165, 1.54) is 25.3 Å². The Balaban J connectivity index is 2.58. The highest BCUT2D eigenvalue weighted by atomic mass is 16.6. The summed E-state index contributed by atoms with van der Waals surface area (Å²) in [6.45, 7) is 5.26. The second-order valence-electron chi connectivity index (χ2n) is 5.11. The second-order valence-corrected chi connectivity index (χ2v) is 5.11. The van der Waals surface area contributed by atoms with Crippen LogP contribution in [0.15, 0.2) is 18.2 Å². The lowest BCUT2D eigenvalue weighted by molar-refractivity contribution is -0.385. The summed E-state index contributed by atoms with van der Waals surface area (Å²) in [5.41, 5.74) is -0.155. The van der Waals surface area contributed by atoms with Crippen LogP contribution in [-0.4, -0.2) is 42.9 Å². The van der Waals surface area contributed by atoms with E-state index in [0.717, 1.165) is 6.54 Å². The number of methoxy groups -OCH3 is 1. The van der Waals surface area contributed by atoms with Gasteiger partial charge in [-0.15, -0.1) is 0 Å². The molecule has 0 fully saturated rings. The number of ether oxygens (including phenoxy) is 2. The van der Waals surface area contributed by atoms with E-state index in [9.17, 15) is 15.2 Å². The highest BCUT2D eigenvalue weighted by molar-refractivity contribution is 5.50. The molecule has 1 atom stereocenters. The van der Waals surface area contributed by atoms with Crippen LogP contribution in [0.3, 0.4) is 0 Å². The first-order chi connectivity index (χ1) is 9.93. The Morgan fingerprint density at radius 3 is 2.67 bits per heavy atom. The minimum atomic E-state index is -0.741. The Labute approximate surface area is 124 Å². The van der Waals surface area contributed by atoms with Gasteiger partial charge in [-0.25, -0.2) is 0 Å². The molecule has 2 N–H and O–H groups in total. The maximum absolute atomic E-state index is 10.9. The van der Waals surface area contributed by atoms with Crippen molar-refractivity contribution in [1.82, 2.24) is 5.32 Å². The Bertz CT molecular complexity index is 465. The summed E-state index contributed by atoms with van der Waals surface area (Å²) in [6, 6.07) is 4.25. The van der Waals surface area contributed by atoms with Gasteiger partial charge in [0, 0.05) is 18.7 Å². The van der Waals surface area contributed by atoms with Gasteiger partial charge < -0.3 is 19.9 Å². The zero-order valence-corrected chi connectivity index (χ0v) is 12.5. The highest BCUT2D eigenvalue weighted by Gasteiger charge is 2.17. The standard InChI is InChI=1S/C14H22N2O5/c1-10(2)7-15-8-11(17)9-21-14-6-12(20-3)4-5-13(14)16(18)19/h4-6,10-11,15,17H,7-9H2,1-3H3. The second kappa shape index (κ2) is 8.43. The van der Waals surface area contributed by atoms with Gasteiger partial charge >= 0.3 is 5.69 Å². The number of nitrogens with zero attached hydrogens (tertiary/aromatic N) is 1. The van der Waals surface area contributed by atoms with Crippen LogP contribution in [-0.2, 0) is 0 Å². The molecule has 7 nitrogen and oxygen atoms in total. The summed E-state index contributed by atoms with van der Waals surface area (Å²) < 4.78 is 10.4. The molecule has 1 aromatic rings. The molecule has 1 aromatic carbocycles. The number of aliphatic hydroxyl groups is 1. The van der Waals surface area contributed by atoms with Gasteiger partial charge in [0.15, 0.2) is 0 Å². The molecular formula is C14H22N2O5. The summed E-state index contributed by atoms with van der Waals surface area (Å²) in [6.07, 6.45) is -0.741. The van der Waals surface area contributed by atoms with Crippen molar-refractivity contribution in [2.24, 2.45) is 5.92 Å². The van der Waals surface area contributed by atoms with Crippen molar-refractivity contribution in [2.75, 3.05) is 26.8 Å². The Morgan fingerprint density at radius 1 is 1.38 bits per heavy atom. The Morgan fingerprint density at radius 2 is 2.10 bits per heavy atom. The molecular weight excluding hydrogens is 276 g/mol. The maximum atomic E-state index is 10.9. The van der Waals surface area contributed by atoms with Crippen molar-refractivity contribution in [2.45, 2.75) is 20.0 Å². The molecule has 1 unspecified atom stereocenters. The molecule has 118 valence electrons. The SMILES string of the molecule is COc1ccc([N+](=O)[O-])c(OCC(O)CNCC(C)C)c1. The normalized spacial score (nSPS) is 12.2. The van der Waals surface area contributed by atoms with Crippen molar-refractivity contribution in [3.63, 3.8) is 0 Å². The zero-order valence-electron chi connectivity index (χ0n) is 12.5. The van der Waals surface area contributed by atoms with Crippen LogP contribution in [0.2, 0.25) is 0 Å². The van der Waals surface area contributed by atoms with Crippen LogP contribution in [0.4, 0.5) is 5.69 Å². The van der Waals surface area contributed by atoms with Crippen molar-refractivity contribution < 1.29 is 19.5 Å². The number of benzene rings is 1. The van der Waals surface area contributed by atoms with Crippen LogP contribution < -0.4 is 14.8 Å². The van der Waals surface area contributed by atoms with Crippen LogP contribution >= 0.6 is 0 Å². The van der Waals surface area contributed by atoms with E-state index in [0.29, 0.717) is 18.2 Å². The molecule has 0 aliphatic heterocycles. The Hall–Kier alpha value is -1.86. The number of hydrogen-bond acceptors (Lipinski definition) is 6. The third kappa shape index (κ3) is 5.97. The van der Waals surface area contributed by atoms with Crippen LogP contribution in [0.5, 0.6) is 11.5 Å². The quantitative estimate of drug-likeness (QED) is 0.531. The van der Waals surface area contributed by atoms with E-state index >= 15 is 0 Å². The van der Waals surface area contributed by atoms with Gasteiger partial charge in [-0.05, 0) is 18.5 Å². The number of hydrogen-bond donors (Lipinski definition) is 2. The van der Waals surface area contributed by atoms with E-state index in [1.807, 2.05) is 0 Å². The number of aliphatic hydroxyl groups excluding tert-OH is 1. The fourth-order valence-corrected chi connectivity index (χ4v) is 1.67. The predicted octanol–water partition coefficient (Wildman–Crippen LogP) is 1.59. The average Bonchev–Trinajstić information content (AvgIpc) is 2.44. The van der Waals surface area contributed by atoms with E-state index in [1.54, 1.807) is 0 Å². The van der Waals surface area contributed by atoms with Gasteiger partial charge in [-0.2, -0.15) is 0 Å². The fraction of sp³-hybridized carbons (Fsp3) is 0.571. The van der Waals surface area contributed by atoms with Crippen LogP contribution in [0.25, 0.3) is 0 Å². The van der Waals surface area contributed by atoms with E-state index in [2.05, 4.69) is 19.2 Å². The largest absolute Gasteiger partial charge is 0.497 e.